The second kappa shape index (κ2) is 6.99. The van der Waals surface area contributed by atoms with Crippen LogP contribution in [0.15, 0.2) is 11.6 Å². The molecule has 0 unspecified atom stereocenters. The number of carbonyl (C=O) groups excluding carboxylic acids is 1. The number of carbonyl (C=O) groups is 1. The lowest BCUT2D eigenvalue weighted by Gasteiger charge is -2.31. The van der Waals surface area contributed by atoms with Crippen LogP contribution in [0.2, 0.25) is 0 Å². The number of aromatic nitrogens is 1. The highest BCUT2D eigenvalue weighted by atomic mass is 32.1. The van der Waals surface area contributed by atoms with Crippen molar-refractivity contribution in [2.75, 3.05) is 13.6 Å². The zero-order valence-corrected chi connectivity index (χ0v) is 14.4. The van der Waals surface area contributed by atoms with Gasteiger partial charge in [0, 0.05) is 37.1 Å². The smallest absolute Gasteiger partial charge is 0.317 e. The predicted octanol–water partition coefficient (Wildman–Crippen LogP) is 3.86. The van der Waals surface area contributed by atoms with E-state index < -0.39 is 0 Å². The van der Waals surface area contributed by atoms with Gasteiger partial charge in [0.25, 0.3) is 0 Å². The molecule has 0 saturated heterocycles. The summed E-state index contributed by atoms with van der Waals surface area (Å²) in [6, 6.07) is 0.453. The highest BCUT2D eigenvalue weighted by Gasteiger charge is 2.35. The molecular formula is C17H27N3OS. The Morgan fingerprint density at radius 2 is 2.23 bits per heavy atom. The zero-order valence-electron chi connectivity index (χ0n) is 13.6. The maximum absolute atomic E-state index is 12.4. The Morgan fingerprint density at radius 1 is 1.41 bits per heavy atom. The van der Waals surface area contributed by atoms with E-state index in [0.717, 1.165) is 29.8 Å². The third-order valence-corrected chi connectivity index (χ3v) is 6.11. The first kappa shape index (κ1) is 15.8. The monoisotopic (exact) mass is 321 g/mol. The summed E-state index contributed by atoms with van der Waals surface area (Å²) in [6.45, 7) is 2.85. The van der Waals surface area contributed by atoms with Crippen molar-refractivity contribution in [2.45, 2.75) is 57.4 Å². The molecule has 2 aliphatic carbocycles. The molecule has 0 aromatic carbocycles. The van der Waals surface area contributed by atoms with Crippen molar-refractivity contribution in [1.82, 2.24) is 15.2 Å². The number of amides is 2. The molecule has 2 amide bonds. The largest absolute Gasteiger partial charge is 0.335 e. The van der Waals surface area contributed by atoms with Crippen molar-refractivity contribution >= 4 is 17.4 Å². The van der Waals surface area contributed by atoms with Crippen LogP contribution in [0, 0.1) is 11.8 Å². The molecule has 2 aliphatic rings. The summed E-state index contributed by atoms with van der Waals surface area (Å²) >= 11 is 1.66. The Bertz CT molecular complexity index is 486. The van der Waals surface area contributed by atoms with Gasteiger partial charge in [-0.25, -0.2) is 9.78 Å². The fraction of sp³-hybridized carbons (Fsp3) is 0.765. The molecule has 2 saturated carbocycles. The maximum atomic E-state index is 12.4. The van der Waals surface area contributed by atoms with Crippen LogP contribution in [-0.4, -0.2) is 35.5 Å². The SMILES string of the molecule is C[C@H](CN(C)C(=O)N[C@H]1CCC[C@H](C2CC2)C1)c1nccs1. The predicted molar refractivity (Wildman–Crippen MR) is 90.2 cm³/mol. The Labute approximate surface area is 137 Å². The topological polar surface area (TPSA) is 45.2 Å². The average molecular weight is 321 g/mol. The molecule has 3 atom stereocenters. The van der Waals surface area contributed by atoms with Gasteiger partial charge in [0.2, 0.25) is 0 Å². The number of nitrogens with one attached hydrogen (secondary N) is 1. The Morgan fingerprint density at radius 3 is 2.91 bits per heavy atom. The van der Waals surface area contributed by atoms with E-state index in [1.165, 1.54) is 32.1 Å². The van der Waals surface area contributed by atoms with E-state index in [0.29, 0.717) is 12.0 Å². The summed E-state index contributed by atoms with van der Waals surface area (Å²) < 4.78 is 0. The first-order chi connectivity index (χ1) is 10.6. The van der Waals surface area contributed by atoms with Gasteiger partial charge in [-0.15, -0.1) is 11.3 Å². The second-order valence-corrected chi connectivity index (χ2v) is 7.99. The molecule has 1 heterocycles. The van der Waals surface area contributed by atoms with E-state index in [1.54, 1.807) is 11.3 Å². The highest BCUT2D eigenvalue weighted by molar-refractivity contribution is 7.09. The number of hydrogen-bond acceptors (Lipinski definition) is 3. The fourth-order valence-electron chi connectivity index (χ4n) is 3.69. The molecule has 1 aromatic heterocycles. The third kappa shape index (κ3) is 4.00. The molecule has 4 nitrogen and oxygen atoms in total. The lowest BCUT2D eigenvalue weighted by Crippen LogP contribution is -2.46. The molecule has 3 rings (SSSR count). The van der Waals surface area contributed by atoms with Gasteiger partial charge in [0.05, 0.1) is 5.01 Å². The van der Waals surface area contributed by atoms with Crippen LogP contribution in [0.25, 0.3) is 0 Å². The number of urea groups is 1. The summed E-state index contributed by atoms with van der Waals surface area (Å²) in [5.74, 6) is 2.11. The van der Waals surface area contributed by atoms with Crippen molar-refractivity contribution in [3.8, 4) is 0 Å². The Kier molecular flexibility index (Phi) is 5.01. The van der Waals surface area contributed by atoms with Crippen LogP contribution in [-0.2, 0) is 0 Å². The van der Waals surface area contributed by atoms with Gasteiger partial charge in [0.15, 0.2) is 0 Å². The van der Waals surface area contributed by atoms with Crippen LogP contribution in [0.4, 0.5) is 4.79 Å². The molecule has 22 heavy (non-hydrogen) atoms. The zero-order chi connectivity index (χ0) is 15.5. The minimum atomic E-state index is 0.0739. The summed E-state index contributed by atoms with van der Waals surface area (Å²) in [5.41, 5.74) is 0. The van der Waals surface area contributed by atoms with Crippen LogP contribution in [0.1, 0.15) is 56.4 Å². The standard InChI is InChI=1S/C17H27N3OS/c1-12(16-18-8-9-22-16)11-20(2)17(21)19-15-5-3-4-14(10-15)13-6-7-13/h8-9,12-15H,3-7,10-11H2,1-2H3,(H,19,21)/t12-,14+,15+/m1/s1. The average Bonchev–Trinajstić information content (AvgIpc) is 3.22. The van der Waals surface area contributed by atoms with Gasteiger partial charge in [-0.2, -0.15) is 0 Å². The van der Waals surface area contributed by atoms with Crippen molar-refractivity contribution in [2.24, 2.45) is 11.8 Å². The van der Waals surface area contributed by atoms with Crippen LogP contribution in [0.3, 0.4) is 0 Å². The van der Waals surface area contributed by atoms with Crippen LogP contribution in [0.5, 0.6) is 0 Å². The molecule has 0 spiro atoms. The quantitative estimate of drug-likeness (QED) is 0.895. The number of rotatable bonds is 5. The first-order valence-corrected chi connectivity index (χ1v) is 9.42. The van der Waals surface area contributed by atoms with Crippen LogP contribution >= 0.6 is 11.3 Å². The Hall–Kier alpha value is -1.10. The molecule has 1 aromatic rings. The summed E-state index contributed by atoms with van der Waals surface area (Å²) in [4.78, 5) is 18.6. The van der Waals surface area contributed by atoms with Crippen molar-refractivity contribution in [1.29, 1.82) is 0 Å². The first-order valence-electron chi connectivity index (χ1n) is 8.54. The van der Waals surface area contributed by atoms with E-state index in [9.17, 15) is 4.79 Å². The van der Waals surface area contributed by atoms with Gasteiger partial charge < -0.3 is 10.2 Å². The summed E-state index contributed by atoms with van der Waals surface area (Å²) in [7, 11) is 1.89. The lowest BCUT2D eigenvalue weighted by molar-refractivity contribution is 0.191. The van der Waals surface area contributed by atoms with Gasteiger partial charge >= 0.3 is 6.03 Å². The van der Waals surface area contributed by atoms with Crippen molar-refractivity contribution < 1.29 is 4.79 Å². The number of likely N-dealkylation sites (N-methyl/N-ethyl adjacent to an activating group) is 1. The number of thiazole rings is 1. The van der Waals surface area contributed by atoms with E-state index in [1.807, 2.05) is 23.5 Å². The van der Waals surface area contributed by atoms with E-state index in [2.05, 4.69) is 17.2 Å². The van der Waals surface area contributed by atoms with Crippen molar-refractivity contribution in [3.05, 3.63) is 16.6 Å². The van der Waals surface area contributed by atoms with Gasteiger partial charge in [-0.05, 0) is 37.5 Å². The van der Waals surface area contributed by atoms with Gasteiger partial charge in [-0.1, -0.05) is 19.8 Å². The minimum absolute atomic E-state index is 0.0739. The number of hydrogen-bond donors (Lipinski definition) is 1. The number of nitrogens with zero attached hydrogens (tertiary/aromatic N) is 2. The molecule has 2 fully saturated rings. The lowest BCUT2D eigenvalue weighted by atomic mass is 9.83. The third-order valence-electron chi connectivity index (χ3n) is 5.10. The normalized spacial score (nSPS) is 26.5. The second-order valence-electron chi connectivity index (χ2n) is 7.06. The molecular weight excluding hydrogens is 294 g/mol. The summed E-state index contributed by atoms with van der Waals surface area (Å²) in [5, 5.41) is 6.35. The van der Waals surface area contributed by atoms with E-state index in [-0.39, 0.29) is 6.03 Å². The van der Waals surface area contributed by atoms with Gasteiger partial charge in [0.1, 0.15) is 0 Å². The molecule has 0 aliphatic heterocycles. The van der Waals surface area contributed by atoms with E-state index in [4.69, 9.17) is 0 Å². The minimum Gasteiger partial charge on any atom is -0.335 e. The molecule has 0 radical (unpaired) electrons. The summed E-state index contributed by atoms with van der Waals surface area (Å²) in [6.07, 6.45) is 9.63. The fourth-order valence-corrected chi connectivity index (χ4v) is 4.38. The Balaban J connectivity index is 1.46. The molecule has 122 valence electrons. The molecule has 1 N–H and O–H groups in total. The van der Waals surface area contributed by atoms with Gasteiger partial charge in [-0.3, -0.25) is 0 Å². The molecule has 0 bridgehead atoms. The van der Waals surface area contributed by atoms with Crippen LogP contribution < -0.4 is 5.32 Å². The molecule has 5 heteroatoms. The highest BCUT2D eigenvalue weighted by Crippen LogP contribution is 2.43. The maximum Gasteiger partial charge on any atom is 0.317 e. The van der Waals surface area contributed by atoms with Crippen molar-refractivity contribution in [3.63, 3.8) is 0 Å². The van der Waals surface area contributed by atoms with E-state index >= 15 is 0 Å².